The zero-order valence-electron chi connectivity index (χ0n) is 82.9. The Morgan fingerprint density at radius 3 is 0.641 bits per heavy atom. The van der Waals surface area contributed by atoms with Crippen LogP contribution in [-0.4, -0.2) is 198 Å². The molecule has 0 amide bonds. The maximum atomic E-state index is 6.36. The van der Waals surface area contributed by atoms with Gasteiger partial charge in [-0.3, -0.25) is 0 Å². The van der Waals surface area contributed by atoms with Crippen LogP contribution < -0.4 is 34.0 Å². The minimum atomic E-state index is -0.284. The van der Waals surface area contributed by atoms with E-state index in [1.54, 1.807) is 45.1 Å². The topological polar surface area (TPSA) is 92.3 Å². The fourth-order valence-corrected chi connectivity index (χ4v) is 21.1. The number of unbranched alkanes of at least 4 members (excludes halogenated alkanes) is 8. The smallest absolute Gasteiger partial charge is 0.0780 e. The Bertz CT molecular complexity index is 4670. The van der Waals surface area contributed by atoms with E-state index in [4.69, 9.17) is 47.4 Å². The zero-order chi connectivity index (χ0) is 90.2. The number of hydrogen-bond donors (Lipinski definition) is 0. The summed E-state index contributed by atoms with van der Waals surface area (Å²) in [6.45, 7) is 35.2. The van der Waals surface area contributed by atoms with Crippen molar-refractivity contribution in [3.05, 3.63) is 212 Å². The van der Waals surface area contributed by atoms with Crippen LogP contribution in [0.4, 0.5) is 0 Å². The maximum absolute atomic E-state index is 6.36. The van der Waals surface area contributed by atoms with E-state index in [0.29, 0.717) is 117 Å². The summed E-state index contributed by atoms with van der Waals surface area (Å²) in [5.41, 5.74) is 33.5. The lowest BCUT2D eigenvalue weighted by atomic mass is 9.70. The van der Waals surface area contributed by atoms with Gasteiger partial charge in [0.25, 0.3) is 0 Å². The quantitative estimate of drug-likeness (QED) is 0.0271. The van der Waals surface area contributed by atoms with Crippen molar-refractivity contribution in [2.75, 3.05) is 190 Å². The van der Waals surface area contributed by atoms with Gasteiger partial charge in [0.1, 0.15) is 0 Å². The summed E-state index contributed by atoms with van der Waals surface area (Å²) in [5, 5.41) is 0. The van der Waals surface area contributed by atoms with Crippen molar-refractivity contribution in [1.29, 1.82) is 0 Å². The van der Waals surface area contributed by atoms with Gasteiger partial charge in [0, 0.05) is 76.5 Å². The van der Waals surface area contributed by atoms with Crippen molar-refractivity contribution in [2.24, 2.45) is 10.8 Å². The van der Waals surface area contributed by atoms with Gasteiger partial charge in [-0.2, -0.15) is 0 Å². The highest BCUT2D eigenvalue weighted by atomic mass is 79.9. The van der Waals surface area contributed by atoms with E-state index in [-0.39, 0.29) is 55.6 Å². The molecule has 0 radical (unpaired) electrons. The standard InChI is InChI=1S/C59H86NO6.C55H78NO4.2BrH/c1-45-17-21-49-51-23-19-47(43-55(51)58(53(49)41-45,26-14-11-13-25-57(3,4)5)27-15-12-16-30-60(6,7)8)48-20-24-52-50-22-18-46(2)42-54(50)59(56(52)44-48,28-31-63-37-39-65-35-33-61-9)29-32-64-38-40-66-36-34-62-10;1-41-17-21-45-47-23-19-43(39-51(47)54(49(45)37-41,26-14-11-13-25-53(3,4)5)27-15-12-16-30-56(6,7)8)44-20-24-48-46-22-18-42(2)38-50(46)55(52(48)40-44,28-31-59-35-33-57-9)29-32-60-36-34-58-10;;/h17-24,41-44H,11-16,25-40H2,1-10H3;17-24,37-40H,11-16,25-36H2,1-10H3;2*1H/q2*+1;;/p-2. The first kappa shape index (κ1) is 106. The molecule has 0 saturated heterocycles. The normalized spacial score (nSPS) is 16.0. The van der Waals surface area contributed by atoms with E-state index in [2.05, 4.69) is 257 Å². The third-order valence-electron chi connectivity index (χ3n) is 27.8. The van der Waals surface area contributed by atoms with E-state index in [1.807, 2.05) is 0 Å². The van der Waals surface area contributed by atoms with Crippen molar-refractivity contribution < 1.29 is 90.3 Å². The lowest BCUT2D eigenvalue weighted by Crippen LogP contribution is -3.00. The Balaban J connectivity index is 0.000000286. The average Bonchev–Trinajstić information content (AvgIpc) is 1.56. The Kier molecular flexibility index (Phi) is 40.9. The molecule has 12 nitrogen and oxygen atoms in total. The van der Waals surface area contributed by atoms with Crippen molar-refractivity contribution in [2.45, 2.75) is 232 Å². The summed E-state index contributed by atoms with van der Waals surface area (Å²) in [5.74, 6) is 0. The van der Waals surface area contributed by atoms with Crippen molar-refractivity contribution >= 4 is 0 Å². The third kappa shape index (κ3) is 27.7. The molecular weight excluding hydrogens is 1720 g/mol. The molecule has 128 heavy (non-hydrogen) atoms. The summed E-state index contributed by atoms with van der Waals surface area (Å²) in [6, 6.07) is 58.2. The van der Waals surface area contributed by atoms with Crippen molar-refractivity contribution in [3.63, 3.8) is 0 Å². The molecule has 4 aliphatic carbocycles. The highest BCUT2D eigenvalue weighted by molar-refractivity contribution is 5.90. The van der Waals surface area contributed by atoms with Gasteiger partial charge in [0.2, 0.25) is 0 Å². The van der Waals surface area contributed by atoms with Gasteiger partial charge in [-0.1, -0.05) is 236 Å². The second kappa shape index (κ2) is 49.5. The molecule has 2 unspecified atom stereocenters. The summed E-state index contributed by atoms with van der Waals surface area (Å²) in [4.78, 5) is 0. The van der Waals surface area contributed by atoms with Gasteiger partial charge in [-0.25, -0.2) is 0 Å². The number of aryl methyl sites for hydroxylation is 4. The number of ether oxygens (including phenoxy) is 10. The van der Waals surface area contributed by atoms with Gasteiger partial charge in [-0.15, -0.1) is 0 Å². The molecule has 2 atom stereocenters. The Morgan fingerprint density at radius 2 is 0.422 bits per heavy atom. The SMILES string of the molecule is COCCOCCC1(CCOCCOC)c2cc(C)ccc2-c2ccc(-c3ccc4c(c3)C(CCCCCC(C)(C)C)(CCCCC[N+](C)(C)C)c3cc(C)ccc3-4)cc21.COCCOCCOCCC1(CCOCCOCCOC)c2cc(C)ccc2-c2ccc(-c3ccc4c(c3)C(CCCCCC(C)(C)C)(CCCCC[N+](C)(C)C)c3cc(C)ccc3-4)cc21.[Br-].[Br-]. The monoisotopic (exact) mass is 1880 g/mol. The fourth-order valence-electron chi connectivity index (χ4n) is 21.1. The van der Waals surface area contributed by atoms with Crippen LogP contribution in [-0.2, 0) is 69.0 Å². The predicted molar refractivity (Wildman–Crippen MR) is 526 cm³/mol. The Morgan fingerprint density at radius 1 is 0.227 bits per heavy atom. The summed E-state index contributed by atoms with van der Waals surface area (Å²) in [6.07, 6.45) is 26.0. The second-order valence-corrected chi connectivity index (χ2v) is 42.1. The molecule has 0 fully saturated rings. The van der Waals surface area contributed by atoms with Gasteiger partial charge in [-0.05, 0) is 264 Å². The molecule has 0 saturated carbocycles. The molecule has 4 aliphatic rings. The molecule has 0 N–H and O–H groups in total. The molecule has 0 aliphatic heterocycles. The number of fused-ring (bicyclic) bond motifs is 12. The number of halogens is 2. The van der Waals surface area contributed by atoms with E-state index in [0.717, 1.165) is 34.6 Å². The minimum Gasteiger partial charge on any atom is -1.00 e. The third-order valence-corrected chi connectivity index (χ3v) is 27.8. The lowest BCUT2D eigenvalue weighted by molar-refractivity contribution is -0.870. The molecule has 14 heteroatoms. The molecule has 8 aromatic rings. The highest BCUT2D eigenvalue weighted by Gasteiger charge is 2.48. The van der Waals surface area contributed by atoms with Crippen LogP contribution in [0.5, 0.6) is 0 Å². The predicted octanol–water partition coefficient (Wildman–Crippen LogP) is 19.8. The fraction of sp³-hybridized carbons (Fsp3) is 0.579. The van der Waals surface area contributed by atoms with Crippen LogP contribution in [0.25, 0.3) is 66.8 Å². The molecule has 0 heterocycles. The first-order valence-corrected chi connectivity index (χ1v) is 48.5. The van der Waals surface area contributed by atoms with Gasteiger partial charge < -0.3 is 90.3 Å². The minimum absolute atomic E-state index is 0. The first-order chi connectivity index (χ1) is 60.4. The van der Waals surface area contributed by atoms with E-state index in [1.165, 1.54) is 245 Å². The average molecular weight is 1880 g/mol. The number of hydrogen-bond acceptors (Lipinski definition) is 10. The van der Waals surface area contributed by atoms with Crippen LogP contribution in [0.15, 0.2) is 146 Å². The van der Waals surface area contributed by atoms with Crippen molar-refractivity contribution in [1.82, 2.24) is 0 Å². The molecule has 704 valence electrons. The number of quaternary nitrogens is 2. The number of nitrogens with zero attached hydrogens (tertiary/aromatic N) is 2. The van der Waals surface area contributed by atoms with Crippen LogP contribution in [0.3, 0.4) is 0 Å². The Labute approximate surface area is 796 Å². The number of rotatable bonds is 54. The molecule has 8 aromatic carbocycles. The van der Waals surface area contributed by atoms with Crippen molar-refractivity contribution in [3.8, 4) is 66.8 Å². The molecule has 0 bridgehead atoms. The van der Waals surface area contributed by atoms with Gasteiger partial charge in [0.05, 0.1) is 135 Å². The van der Waals surface area contributed by atoms with E-state index < -0.39 is 0 Å². The van der Waals surface area contributed by atoms with Gasteiger partial charge >= 0.3 is 0 Å². The summed E-state index contributed by atoms with van der Waals surface area (Å²) in [7, 11) is 20.8. The molecule has 0 spiro atoms. The van der Waals surface area contributed by atoms with E-state index >= 15 is 0 Å². The Hall–Kier alpha value is -5.76. The second-order valence-electron chi connectivity index (χ2n) is 42.1. The number of methoxy groups -OCH3 is 4. The molecule has 0 aromatic heterocycles. The lowest BCUT2D eigenvalue weighted by Gasteiger charge is -2.34. The molecular formula is C114H164Br2N2O10. The zero-order valence-corrected chi connectivity index (χ0v) is 86.0. The summed E-state index contributed by atoms with van der Waals surface area (Å²) >= 11 is 0. The maximum Gasteiger partial charge on any atom is 0.0780 e. The van der Waals surface area contributed by atoms with E-state index in [9.17, 15) is 0 Å². The van der Waals surface area contributed by atoms with Crippen LogP contribution in [0.2, 0.25) is 0 Å². The van der Waals surface area contributed by atoms with Crippen LogP contribution in [0, 0.1) is 38.5 Å². The number of benzene rings is 8. The largest absolute Gasteiger partial charge is 1.00 e. The van der Waals surface area contributed by atoms with Gasteiger partial charge in [0.15, 0.2) is 0 Å². The first-order valence-electron chi connectivity index (χ1n) is 48.5. The summed E-state index contributed by atoms with van der Waals surface area (Å²) < 4.78 is 59.8. The molecule has 12 rings (SSSR count). The van der Waals surface area contributed by atoms with Crippen LogP contribution in [0.1, 0.15) is 250 Å². The van der Waals surface area contributed by atoms with Crippen LogP contribution >= 0.6 is 0 Å². The highest BCUT2D eigenvalue weighted by Crippen LogP contribution is 2.60.